The van der Waals surface area contributed by atoms with Gasteiger partial charge in [-0.15, -0.1) is 0 Å². The predicted molar refractivity (Wildman–Crippen MR) is 42.4 cm³/mol. The molecule has 0 aromatic rings. The van der Waals surface area contributed by atoms with E-state index in [9.17, 15) is 9.59 Å². The Labute approximate surface area is 78.9 Å². The van der Waals surface area contributed by atoms with Crippen LogP contribution in [0.3, 0.4) is 0 Å². The molecule has 0 rings (SSSR count). The molecule has 7 nitrogen and oxygen atoms in total. The van der Waals surface area contributed by atoms with Crippen molar-refractivity contribution in [1.29, 1.82) is 0 Å². The Morgan fingerprint density at radius 3 is 2.29 bits per heavy atom. The molecule has 0 saturated carbocycles. The highest BCUT2D eigenvalue weighted by Gasteiger charge is 2.13. The second-order valence-electron chi connectivity index (χ2n) is 2.30. The molecule has 0 aliphatic heterocycles. The average Bonchev–Trinajstić information content (AvgIpc) is 2.10. The van der Waals surface area contributed by atoms with Gasteiger partial charge in [0.1, 0.15) is 12.7 Å². The third-order valence-corrected chi connectivity index (χ3v) is 1.11. The van der Waals surface area contributed by atoms with Crippen molar-refractivity contribution in [3.05, 3.63) is 11.8 Å². The SMILES string of the molecule is O=C(O)/C=C(\OCC(O)CO)C(=O)O. The monoisotopic (exact) mass is 206 g/mol. The molecule has 1 atom stereocenters. The lowest BCUT2D eigenvalue weighted by Gasteiger charge is -2.09. The molecular formula is C7H10O7. The lowest BCUT2D eigenvalue weighted by Crippen LogP contribution is -2.21. The van der Waals surface area contributed by atoms with E-state index >= 15 is 0 Å². The van der Waals surface area contributed by atoms with Gasteiger partial charge in [0.25, 0.3) is 0 Å². The highest BCUT2D eigenvalue weighted by molar-refractivity contribution is 5.92. The van der Waals surface area contributed by atoms with Crippen LogP contribution in [0.15, 0.2) is 11.8 Å². The average molecular weight is 206 g/mol. The summed E-state index contributed by atoms with van der Waals surface area (Å²) >= 11 is 0. The van der Waals surface area contributed by atoms with Crippen LogP contribution in [0.2, 0.25) is 0 Å². The van der Waals surface area contributed by atoms with Crippen LogP contribution in [0.25, 0.3) is 0 Å². The molecule has 0 aromatic carbocycles. The summed E-state index contributed by atoms with van der Waals surface area (Å²) in [4.78, 5) is 20.4. The maximum absolute atomic E-state index is 10.3. The summed E-state index contributed by atoms with van der Waals surface area (Å²) in [5.41, 5.74) is 0. The number of aliphatic hydroxyl groups is 2. The quantitative estimate of drug-likeness (QED) is 0.305. The van der Waals surface area contributed by atoms with Crippen LogP contribution in [0.5, 0.6) is 0 Å². The summed E-state index contributed by atoms with van der Waals surface area (Å²) in [6.07, 6.45) is -0.890. The molecule has 14 heavy (non-hydrogen) atoms. The number of ether oxygens (including phenoxy) is 1. The van der Waals surface area contributed by atoms with Gasteiger partial charge >= 0.3 is 11.9 Å². The molecule has 0 radical (unpaired) electrons. The Balaban J connectivity index is 4.26. The predicted octanol–water partition coefficient (Wildman–Crippen LogP) is -1.59. The number of hydrogen-bond donors (Lipinski definition) is 4. The van der Waals surface area contributed by atoms with Crippen molar-refractivity contribution in [3.63, 3.8) is 0 Å². The van der Waals surface area contributed by atoms with E-state index in [0.717, 1.165) is 0 Å². The summed E-state index contributed by atoms with van der Waals surface area (Å²) < 4.78 is 4.44. The minimum Gasteiger partial charge on any atom is -0.484 e. The maximum Gasteiger partial charge on any atom is 0.371 e. The molecule has 80 valence electrons. The first-order valence-electron chi connectivity index (χ1n) is 3.57. The van der Waals surface area contributed by atoms with Crippen molar-refractivity contribution < 1.29 is 34.8 Å². The van der Waals surface area contributed by atoms with E-state index in [1.807, 2.05) is 0 Å². The summed E-state index contributed by atoms with van der Waals surface area (Å²) in [6, 6.07) is 0. The maximum atomic E-state index is 10.3. The van der Waals surface area contributed by atoms with Gasteiger partial charge in [0.05, 0.1) is 12.7 Å². The van der Waals surface area contributed by atoms with E-state index in [2.05, 4.69) is 4.74 Å². The van der Waals surface area contributed by atoms with Crippen LogP contribution in [0, 0.1) is 0 Å². The normalized spacial score (nSPS) is 13.4. The summed E-state index contributed by atoms with van der Waals surface area (Å²) in [7, 11) is 0. The summed E-state index contributed by atoms with van der Waals surface area (Å²) in [6.45, 7) is -1.08. The molecule has 7 heteroatoms. The van der Waals surface area contributed by atoms with E-state index in [0.29, 0.717) is 6.08 Å². The molecule has 0 heterocycles. The van der Waals surface area contributed by atoms with Crippen LogP contribution in [-0.4, -0.2) is 51.7 Å². The zero-order valence-electron chi connectivity index (χ0n) is 7.08. The lowest BCUT2D eigenvalue weighted by atomic mass is 10.4. The van der Waals surface area contributed by atoms with Gasteiger partial charge in [-0.3, -0.25) is 0 Å². The fourth-order valence-electron chi connectivity index (χ4n) is 0.516. The number of carboxylic acids is 2. The second kappa shape index (κ2) is 5.95. The van der Waals surface area contributed by atoms with Gasteiger partial charge in [0.2, 0.25) is 5.76 Å². The molecule has 1 unspecified atom stereocenters. The van der Waals surface area contributed by atoms with Crippen molar-refractivity contribution in [3.8, 4) is 0 Å². The van der Waals surface area contributed by atoms with Crippen molar-refractivity contribution in [2.45, 2.75) is 6.10 Å². The van der Waals surface area contributed by atoms with Gasteiger partial charge in [0.15, 0.2) is 0 Å². The molecular weight excluding hydrogens is 196 g/mol. The zero-order valence-corrected chi connectivity index (χ0v) is 7.08. The van der Waals surface area contributed by atoms with E-state index in [4.69, 9.17) is 20.4 Å². The zero-order chi connectivity index (χ0) is 11.1. The van der Waals surface area contributed by atoms with Crippen molar-refractivity contribution in [2.24, 2.45) is 0 Å². The summed E-state index contributed by atoms with van der Waals surface area (Å²) in [5.74, 6) is -3.83. The molecule has 0 amide bonds. The number of aliphatic hydroxyl groups excluding tert-OH is 2. The topological polar surface area (TPSA) is 124 Å². The summed E-state index contributed by atoms with van der Waals surface area (Å²) in [5, 5.41) is 33.8. The highest BCUT2D eigenvalue weighted by atomic mass is 16.5. The molecule has 0 saturated heterocycles. The first-order chi connectivity index (χ1) is 6.47. The van der Waals surface area contributed by atoms with Crippen LogP contribution < -0.4 is 0 Å². The highest BCUT2D eigenvalue weighted by Crippen LogP contribution is 1.99. The molecule has 0 spiro atoms. The van der Waals surface area contributed by atoms with Crippen LogP contribution >= 0.6 is 0 Å². The van der Waals surface area contributed by atoms with Gasteiger partial charge in [-0.1, -0.05) is 0 Å². The Kier molecular flexibility index (Phi) is 5.27. The molecule has 0 aliphatic rings. The molecule has 0 aromatic heterocycles. The molecule has 0 bridgehead atoms. The van der Waals surface area contributed by atoms with Crippen molar-refractivity contribution >= 4 is 11.9 Å². The van der Waals surface area contributed by atoms with Crippen LogP contribution in [0.1, 0.15) is 0 Å². The minimum absolute atomic E-state index is 0.354. The van der Waals surface area contributed by atoms with Gasteiger partial charge in [-0.25, -0.2) is 9.59 Å². The molecule has 4 N–H and O–H groups in total. The fourth-order valence-corrected chi connectivity index (χ4v) is 0.516. The van der Waals surface area contributed by atoms with Crippen molar-refractivity contribution in [1.82, 2.24) is 0 Å². The van der Waals surface area contributed by atoms with E-state index in [-0.39, 0.29) is 0 Å². The number of hydrogen-bond acceptors (Lipinski definition) is 5. The Hall–Kier alpha value is -1.60. The Bertz CT molecular complexity index is 244. The standard InChI is InChI=1S/C7H10O7/c8-2-4(9)3-14-5(7(12)13)1-6(10)11/h1,4,8-9H,2-3H2,(H,10,11)(H,12,13)/b5-1-. The van der Waals surface area contributed by atoms with E-state index < -0.39 is 37.0 Å². The van der Waals surface area contributed by atoms with E-state index in [1.165, 1.54) is 0 Å². The number of carboxylic acid groups (broad SMARTS) is 2. The van der Waals surface area contributed by atoms with E-state index in [1.54, 1.807) is 0 Å². The minimum atomic E-state index is -1.56. The lowest BCUT2D eigenvalue weighted by molar-refractivity contribution is -0.139. The van der Waals surface area contributed by atoms with Crippen LogP contribution in [-0.2, 0) is 14.3 Å². The molecule has 0 fully saturated rings. The number of aliphatic carboxylic acids is 2. The largest absolute Gasteiger partial charge is 0.484 e. The smallest absolute Gasteiger partial charge is 0.371 e. The first kappa shape index (κ1) is 12.4. The third kappa shape index (κ3) is 5.12. The van der Waals surface area contributed by atoms with Crippen LogP contribution in [0.4, 0.5) is 0 Å². The number of carbonyl (C=O) groups is 2. The van der Waals surface area contributed by atoms with Crippen molar-refractivity contribution in [2.75, 3.05) is 13.2 Å². The van der Waals surface area contributed by atoms with Gasteiger partial charge in [0, 0.05) is 0 Å². The third-order valence-electron chi connectivity index (χ3n) is 1.11. The molecule has 0 aliphatic carbocycles. The van der Waals surface area contributed by atoms with Gasteiger partial charge in [-0.05, 0) is 0 Å². The fraction of sp³-hybridized carbons (Fsp3) is 0.429. The Morgan fingerprint density at radius 2 is 1.93 bits per heavy atom. The Morgan fingerprint density at radius 1 is 1.36 bits per heavy atom. The van der Waals surface area contributed by atoms with Gasteiger partial charge < -0.3 is 25.2 Å². The first-order valence-corrected chi connectivity index (χ1v) is 3.57. The second-order valence-corrected chi connectivity index (χ2v) is 2.30. The number of rotatable bonds is 6. The van der Waals surface area contributed by atoms with Gasteiger partial charge in [-0.2, -0.15) is 0 Å².